The molecule has 0 bridgehead atoms. The van der Waals surface area contributed by atoms with Crippen LogP contribution in [0.5, 0.6) is 0 Å². The molecule has 4 nitrogen and oxygen atoms in total. The van der Waals surface area contributed by atoms with Crippen LogP contribution in [-0.2, 0) is 0 Å². The molecule has 0 unspecified atom stereocenters. The second kappa shape index (κ2) is 5.41. The number of nitrogens with two attached hydrogens (primary N) is 1. The first-order chi connectivity index (χ1) is 9.63. The number of anilines is 3. The molecule has 0 saturated heterocycles. The fourth-order valence-electron chi connectivity index (χ4n) is 1.82. The smallest absolute Gasteiger partial charge is 0.174 e. The second-order valence-corrected chi connectivity index (χ2v) is 5.85. The predicted molar refractivity (Wildman–Crippen MR) is 91.4 cm³/mol. The van der Waals surface area contributed by atoms with E-state index in [1.807, 2.05) is 42.5 Å². The lowest BCUT2D eigenvalue weighted by molar-refractivity contribution is 1.29. The number of fused-ring (bicyclic) bond motifs is 1. The van der Waals surface area contributed by atoms with Crippen molar-refractivity contribution in [2.45, 2.75) is 0 Å². The zero-order valence-corrected chi connectivity index (χ0v) is 13.2. The number of benzene rings is 2. The van der Waals surface area contributed by atoms with Gasteiger partial charge in [-0.3, -0.25) is 0 Å². The van der Waals surface area contributed by atoms with Crippen LogP contribution < -0.4 is 11.1 Å². The minimum absolute atomic E-state index is 0.346. The SMILES string of the molecule is Nc1nc2ccccc2nc1Nc1ccc(I)cc1Cl. The molecular formula is C14H10ClIN4. The molecule has 3 N–H and O–H groups in total. The normalized spacial score (nSPS) is 10.7. The number of hydrogen-bond donors (Lipinski definition) is 2. The lowest BCUT2D eigenvalue weighted by Gasteiger charge is -2.10. The van der Waals surface area contributed by atoms with Crippen molar-refractivity contribution in [1.29, 1.82) is 0 Å². The van der Waals surface area contributed by atoms with Crippen molar-refractivity contribution in [1.82, 2.24) is 9.97 Å². The number of nitrogen functional groups attached to an aromatic ring is 1. The first-order valence-electron chi connectivity index (χ1n) is 5.88. The van der Waals surface area contributed by atoms with Gasteiger partial charge in [0, 0.05) is 3.57 Å². The third-order valence-electron chi connectivity index (χ3n) is 2.78. The maximum absolute atomic E-state index is 6.19. The van der Waals surface area contributed by atoms with Crippen LogP contribution in [0, 0.1) is 3.57 Å². The van der Waals surface area contributed by atoms with Crippen LogP contribution in [0.4, 0.5) is 17.3 Å². The lowest BCUT2D eigenvalue weighted by Crippen LogP contribution is -2.02. The number of para-hydroxylation sites is 2. The quantitative estimate of drug-likeness (QED) is 0.637. The molecule has 0 aliphatic carbocycles. The number of rotatable bonds is 2. The average molecular weight is 397 g/mol. The van der Waals surface area contributed by atoms with Crippen molar-refractivity contribution < 1.29 is 0 Å². The van der Waals surface area contributed by atoms with Gasteiger partial charge in [0.2, 0.25) is 0 Å². The molecule has 0 spiro atoms. The second-order valence-electron chi connectivity index (χ2n) is 4.20. The Morgan fingerprint density at radius 3 is 2.45 bits per heavy atom. The van der Waals surface area contributed by atoms with Gasteiger partial charge in [-0.25, -0.2) is 9.97 Å². The van der Waals surface area contributed by atoms with Crippen LogP contribution in [0.2, 0.25) is 5.02 Å². The summed E-state index contributed by atoms with van der Waals surface area (Å²) >= 11 is 8.40. The summed E-state index contributed by atoms with van der Waals surface area (Å²) in [5, 5.41) is 3.74. The standard InChI is InChI=1S/C14H10ClIN4/c15-9-7-8(16)5-6-10(9)19-14-13(17)18-11-3-1-2-4-12(11)20-14/h1-7H,(H2,17,18)(H,19,20). The zero-order valence-electron chi connectivity index (χ0n) is 10.3. The van der Waals surface area contributed by atoms with Gasteiger partial charge in [0.05, 0.1) is 21.7 Å². The van der Waals surface area contributed by atoms with Crippen molar-refractivity contribution in [2.75, 3.05) is 11.1 Å². The first kappa shape index (κ1) is 13.4. The molecule has 0 aliphatic rings. The Labute approximate surface area is 134 Å². The van der Waals surface area contributed by atoms with Crippen molar-refractivity contribution in [3.8, 4) is 0 Å². The molecule has 1 aromatic heterocycles. The van der Waals surface area contributed by atoms with Gasteiger partial charge >= 0.3 is 0 Å². The highest BCUT2D eigenvalue weighted by molar-refractivity contribution is 14.1. The van der Waals surface area contributed by atoms with Crippen molar-refractivity contribution in [3.63, 3.8) is 0 Å². The summed E-state index contributed by atoms with van der Waals surface area (Å²) in [6.07, 6.45) is 0. The van der Waals surface area contributed by atoms with Crippen LogP contribution in [0.25, 0.3) is 11.0 Å². The van der Waals surface area contributed by atoms with Crippen LogP contribution >= 0.6 is 34.2 Å². The molecule has 2 aromatic carbocycles. The van der Waals surface area contributed by atoms with Crippen molar-refractivity contribution in [2.24, 2.45) is 0 Å². The third-order valence-corrected chi connectivity index (χ3v) is 3.77. The van der Waals surface area contributed by atoms with E-state index < -0.39 is 0 Å². The first-order valence-corrected chi connectivity index (χ1v) is 7.33. The van der Waals surface area contributed by atoms with Crippen molar-refractivity contribution in [3.05, 3.63) is 51.1 Å². The molecule has 1 heterocycles. The van der Waals surface area contributed by atoms with Crippen LogP contribution in [-0.4, -0.2) is 9.97 Å². The van der Waals surface area contributed by atoms with Gasteiger partial charge in [0.25, 0.3) is 0 Å². The molecular weight excluding hydrogens is 387 g/mol. The zero-order chi connectivity index (χ0) is 14.1. The topological polar surface area (TPSA) is 63.8 Å². The van der Waals surface area contributed by atoms with Crippen LogP contribution in [0.15, 0.2) is 42.5 Å². The maximum Gasteiger partial charge on any atom is 0.174 e. The van der Waals surface area contributed by atoms with Crippen LogP contribution in [0.1, 0.15) is 0 Å². The highest BCUT2D eigenvalue weighted by Gasteiger charge is 2.08. The summed E-state index contributed by atoms with van der Waals surface area (Å²) in [5.41, 5.74) is 8.24. The molecule has 0 radical (unpaired) electrons. The monoisotopic (exact) mass is 396 g/mol. The molecule has 3 aromatic rings. The van der Waals surface area contributed by atoms with Gasteiger partial charge in [-0.2, -0.15) is 0 Å². The van der Waals surface area contributed by atoms with Gasteiger partial charge < -0.3 is 11.1 Å². The van der Waals surface area contributed by atoms with Crippen molar-refractivity contribution >= 4 is 62.5 Å². The lowest BCUT2D eigenvalue weighted by atomic mass is 10.3. The molecule has 6 heteroatoms. The molecule has 0 saturated carbocycles. The Balaban J connectivity index is 2.03. The third kappa shape index (κ3) is 2.64. The molecule has 0 atom stereocenters. The van der Waals surface area contributed by atoms with E-state index in [9.17, 15) is 0 Å². The summed E-state index contributed by atoms with van der Waals surface area (Å²) < 4.78 is 1.07. The molecule has 100 valence electrons. The van der Waals surface area contributed by atoms with E-state index in [2.05, 4.69) is 37.9 Å². The van der Waals surface area contributed by atoms with Crippen LogP contribution in [0.3, 0.4) is 0 Å². The summed E-state index contributed by atoms with van der Waals surface area (Å²) in [6, 6.07) is 13.3. The summed E-state index contributed by atoms with van der Waals surface area (Å²) in [4.78, 5) is 8.80. The van der Waals surface area contributed by atoms with E-state index in [1.54, 1.807) is 0 Å². The highest BCUT2D eigenvalue weighted by atomic mass is 127. The number of nitrogens with zero attached hydrogens (tertiary/aromatic N) is 2. The summed E-state index contributed by atoms with van der Waals surface area (Å²) in [7, 11) is 0. The highest BCUT2D eigenvalue weighted by Crippen LogP contribution is 2.28. The van der Waals surface area contributed by atoms with E-state index >= 15 is 0 Å². The summed E-state index contributed by atoms with van der Waals surface area (Å²) in [6.45, 7) is 0. The number of nitrogens with one attached hydrogen (secondary N) is 1. The molecule has 0 aliphatic heterocycles. The molecule has 0 fully saturated rings. The number of hydrogen-bond acceptors (Lipinski definition) is 4. The van der Waals surface area contributed by atoms with Gasteiger partial charge in [0.15, 0.2) is 11.6 Å². The van der Waals surface area contributed by atoms with Gasteiger partial charge in [-0.15, -0.1) is 0 Å². The molecule has 20 heavy (non-hydrogen) atoms. The Morgan fingerprint density at radius 1 is 1.05 bits per heavy atom. The maximum atomic E-state index is 6.19. The summed E-state index contributed by atoms with van der Waals surface area (Å²) in [5.74, 6) is 0.852. The van der Waals surface area contributed by atoms with Gasteiger partial charge in [0.1, 0.15) is 0 Å². The largest absolute Gasteiger partial charge is 0.381 e. The predicted octanol–water partition coefficient (Wildman–Crippen LogP) is 4.21. The fourth-order valence-corrected chi connectivity index (χ4v) is 2.73. The van der Waals surface area contributed by atoms with E-state index in [0.717, 1.165) is 20.3 Å². The number of aromatic nitrogens is 2. The van der Waals surface area contributed by atoms with E-state index in [-0.39, 0.29) is 0 Å². The van der Waals surface area contributed by atoms with E-state index in [0.29, 0.717) is 16.7 Å². The molecule has 3 rings (SSSR count). The van der Waals surface area contributed by atoms with E-state index in [4.69, 9.17) is 17.3 Å². The van der Waals surface area contributed by atoms with E-state index in [1.165, 1.54) is 0 Å². The number of halogens is 2. The minimum Gasteiger partial charge on any atom is -0.381 e. The fraction of sp³-hybridized carbons (Fsp3) is 0. The minimum atomic E-state index is 0.346. The average Bonchev–Trinajstić information content (AvgIpc) is 2.42. The molecule has 0 amide bonds. The Hall–Kier alpha value is -1.60. The Morgan fingerprint density at radius 2 is 1.75 bits per heavy atom. The van der Waals surface area contributed by atoms with Gasteiger partial charge in [-0.05, 0) is 52.9 Å². The Bertz CT molecular complexity index is 791. The Kier molecular flexibility index (Phi) is 3.62. The van der Waals surface area contributed by atoms with Gasteiger partial charge in [-0.1, -0.05) is 23.7 Å².